The second-order valence-electron chi connectivity index (χ2n) is 6.82. The molecule has 1 aliphatic heterocycles. The van der Waals surface area contributed by atoms with Gasteiger partial charge in [0.05, 0.1) is 20.2 Å². The Morgan fingerprint density at radius 3 is 2.58 bits per heavy atom. The number of amides is 2. The van der Waals surface area contributed by atoms with Gasteiger partial charge in [0.15, 0.2) is 11.5 Å². The predicted molar refractivity (Wildman–Crippen MR) is 93.6 cm³/mol. The number of likely N-dealkylation sites (tertiary alicyclic amines) is 1. The van der Waals surface area contributed by atoms with Crippen LogP contribution in [0.25, 0.3) is 0 Å². The molecule has 1 saturated carbocycles. The van der Waals surface area contributed by atoms with Crippen LogP contribution in [0.1, 0.15) is 38.5 Å². The van der Waals surface area contributed by atoms with Crippen molar-refractivity contribution in [3.63, 3.8) is 0 Å². The fourth-order valence-electron chi connectivity index (χ4n) is 3.55. The average Bonchev–Trinajstić information content (AvgIpc) is 2.59. The lowest BCUT2D eigenvalue weighted by atomic mass is 9.87. The number of methoxy groups -OCH3 is 1. The summed E-state index contributed by atoms with van der Waals surface area (Å²) in [7, 11) is 1.63. The number of ether oxygens (including phenoxy) is 2. The van der Waals surface area contributed by atoms with Crippen LogP contribution in [0.4, 0.5) is 4.79 Å². The maximum absolute atomic E-state index is 12.1. The molecule has 1 saturated heterocycles. The number of hydrogen-bond acceptors (Lipinski definition) is 3. The van der Waals surface area contributed by atoms with Crippen molar-refractivity contribution in [2.24, 2.45) is 5.92 Å². The third-order valence-corrected chi connectivity index (χ3v) is 5.05. The van der Waals surface area contributed by atoms with Crippen LogP contribution in [0.5, 0.6) is 11.5 Å². The van der Waals surface area contributed by atoms with Gasteiger partial charge in [-0.15, -0.1) is 0 Å². The number of carbonyl (C=O) groups is 1. The van der Waals surface area contributed by atoms with E-state index in [-0.39, 0.29) is 12.1 Å². The zero-order valence-corrected chi connectivity index (χ0v) is 14.5. The molecular formula is C19H28N2O3. The quantitative estimate of drug-likeness (QED) is 0.868. The fraction of sp³-hybridized carbons (Fsp3) is 0.632. The van der Waals surface area contributed by atoms with Gasteiger partial charge >= 0.3 is 6.03 Å². The molecule has 0 radical (unpaired) electrons. The molecule has 1 aromatic carbocycles. The van der Waals surface area contributed by atoms with Crippen LogP contribution in [0, 0.1) is 5.92 Å². The lowest BCUT2D eigenvalue weighted by Crippen LogP contribution is -2.59. The predicted octanol–water partition coefficient (Wildman–Crippen LogP) is 3.44. The standard InChI is InChI=1S/C19H28N2O3/c1-23-17-9-5-6-10-18(17)24-16-13-21(14-16)19(22)20-12-11-15-7-3-2-4-8-15/h5-6,9-10,15-16H,2-4,7-8,11-14H2,1H3,(H,20,22). The van der Waals surface area contributed by atoms with Crippen LogP contribution >= 0.6 is 0 Å². The van der Waals surface area contributed by atoms with E-state index < -0.39 is 0 Å². The third-order valence-electron chi connectivity index (χ3n) is 5.05. The molecule has 3 rings (SSSR count). The Morgan fingerprint density at radius 2 is 1.88 bits per heavy atom. The Kier molecular flexibility index (Phi) is 5.83. The Balaban J connectivity index is 1.34. The molecule has 0 spiro atoms. The van der Waals surface area contributed by atoms with Gasteiger partial charge in [0, 0.05) is 6.54 Å². The van der Waals surface area contributed by atoms with Crippen molar-refractivity contribution in [2.75, 3.05) is 26.7 Å². The lowest BCUT2D eigenvalue weighted by molar-refractivity contribution is 0.0426. The normalized spacial score (nSPS) is 18.8. The van der Waals surface area contributed by atoms with E-state index in [1.165, 1.54) is 32.1 Å². The zero-order valence-electron chi connectivity index (χ0n) is 14.5. The summed E-state index contributed by atoms with van der Waals surface area (Å²) in [4.78, 5) is 13.9. The van der Waals surface area contributed by atoms with Crippen molar-refractivity contribution in [3.05, 3.63) is 24.3 Å². The Hall–Kier alpha value is -1.91. The molecule has 0 aromatic heterocycles. The molecule has 2 fully saturated rings. The van der Waals surface area contributed by atoms with E-state index in [9.17, 15) is 4.79 Å². The van der Waals surface area contributed by atoms with Gasteiger partial charge in [-0.05, 0) is 24.5 Å². The highest BCUT2D eigenvalue weighted by Crippen LogP contribution is 2.29. The smallest absolute Gasteiger partial charge is 0.317 e. The first-order chi connectivity index (χ1) is 11.8. The first kappa shape index (κ1) is 16.9. The summed E-state index contributed by atoms with van der Waals surface area (Å²) in [5.74, 6) is 2.27. The van der Waals surface area contributed by atoms with E-state index in [0.29, 0.717) is 13.1 Å². The van der Waals surface area contributed by atoms with Gasteiger partial charge in [-0.25, -0.2) is 4.79 Å². The van der Waals surface area contributed by atoms with Crippen LogP contribution in [-0.2, 0) is 0 Å². The number of para-hydroxylation sites is 2. The first-order valence-corrected chi connectivity index (χ1v) is 9.08. The highest BCUT2D eigenvalue weighted by molar-refractivity contribution is 5.75. The second kappa shape index (κ2) is 8.27. The molecule has 1 aromatic rings. The highest BCUT2D eigenvalue weighted by atomic mass is 16.5. The molecule has 5 heteroatoms. The number of nitrogens with one attached hydrogen (secondary N) is 1. The molecule has 1 N–H and O–H groups in total. The van der Waals surface area contributed by atoms with Crippen LogP contribution < -0.4 is 14.8 Å². The summed E-state index contributed by atoms with van der Waals surface area (Å²) in [6.45, 7) is 2.05. The van der Waals surface area contributed by atoms with E-state index in [4.69, 9.17) is 9.47 Å². The summed E-state index contributed by atoms with van der Waals surface area (Å²) >= 11 is 0. The van der Waals surface area contributed by atoms with Crippen molar-refractivity contribution in [2.45, 2.75) is 44.6 Å². The van der Waals surface area contributed by atoms with Gasteiger partial charge in [0.1, 0.15) is 6.10 Å². The zero-order chi connectivity index (χ0) is 16.8. The molecule has 132 valence electrons. The van der Waals surface area contributed by atoms with E-state index in [1.54, 1.807) is 12.0 Å². The van der Waals surface area contributed by atoms with Gasteiger partial charge in [0.25, 0.3) is 0 Å². The Bertz CT molecular complexity index is 537. The lowest BCUT2D eigenvalue weighted by Gasteiger charge is -2.39. The topological polar surface area (TPSA) is 50.8 Å². The summed E-state index contributed by atoms with van der Waals surface area (Å²) in [6.07, 6.45) is 7.90. The maximum atomic E-state index is 12.1. The first-order valence-electron chi connectivity index (χ1n) is 9.08. The van der Waals surface area contributed by atoms with Crippen LogP contribution in [0.15, 0.2) is 24.3 Å². The van der Waals surface area contributed by atoms with Crippen molar-refractivity contribution in [3.8, 4) is 11.5 Å². The molecule has 1 aliphatic carbocycles. The van der Waals surface area contributed by atoms with E-state index >= 15 is 0 Å². The van der Waals surface area contributed by atoms with Gasteiger partial charge in [-0.3, -0.25) is 0 Å². The second-order valence-corrected chi connectivity index (χ2v) is 6.82. The van der Waals surface area contributed by atoms with Crippen LogP contribution in [0.3, 0.4) is 0 Å². The van der Waals surface area contributed by atoms with Gasteiger partial charge in [-0.1, -0.05) is 44.2 Å². The molecule has 0 unspecified atom stereocenters. The molecular weight excluding hydrogens is 304 g/mol. The van der Waals surface area contributed by atoms with Crippen molar-refractivity contribution in [1.82, 2.24) is 10.2 Å². The minimum absolute atomic E-state index is 0.0330. The van der Waals surface area contributed by atoms with E-state index in [1.807, 2.05) is 24.3 Å². The van der Waals surface area contributed by atoms with Gasteiger partial charge in [0.2, 0.25) is 0 Å². The summed E-state index contributed by atoms with van der Waals surface area (Å²) in [5, 5.41) is 3.05. The maximum Gasteiger partial charge on any atom is 0.317 e. The fourth-order valence-corrected chi connectivity index (χ4v) is 3.55. The van der Waals surface area contributed by atoms with E-state index in [2.05, 4.69) is 5.32 Å². The minimum Gasteiger partial charge on any atom is -0.493 e. The van der Waals surface area contributed by atoms with Crippen molar-refractivity contribution < 1.29 is 14.3 Å². The molecule has 2 amide bonds. The van der Waals surface area contributed by atoms with Crippen molar-refractivity contribution in [1.29, 1.82) is 0 Å². The number of nitrogens with zero attached hydrogens (tertiary/aromatic N) is 1. The van der Waals surface area contributed by atoms with Gasteiger partial charge < -0.3 is 19.7 Å². The summed E-state index contributed by atoms with van der Waals surface area (Å²) in [6, 6.07) is 7.64. The minimum atomic E-state index is 0.0330. The summed E-state index contributed by atoms with van der Waals surface area (Å²) in [5.41, 5.74) is 0. The molecule has 2 aliphatic rings. The number of carbonyl (C=O) groups excluding carboxylic acids is 1. The molecule has 5 nitrogen and oxygen atoms in total. The SMILES string of the molecule is COc1ccccc1OC1CN(C(=O)NCCC2CCCCC2)C1. The van der Waals surface area contributed by atoms with Crippen LogP contribution in [-0.4, -0.2) is 43.8 Å². The highest BCUT2D eigenvalue weighted by Gasteiger charge is 2.32. The van der Waals surface area contributed by atoms with Crippen LogP contribution in [0.2, 0.25) is 0 Å². The summed E-state index contributed by atoms with van der Waals surface area (Å²) < 4.78 is 11.2. The monoisotopic (exact) mass is 332 g/mol. The number of benzene rings is 1. The number of urea groups is 1. The molecule has 0 atom stereocenters. The molecule has 0 bridgehead atoms. The largest absolute Gasteiger partial charge is 0.493 e. The Labute approximate surface area is 144 Å². The number of rotatable bonds is 6. The van der Waals surface area contributed by atoms with Gasteiger partial charge in [-0.2, -0.15) is 0 Å². The number of hydrogen-bond donors (Lipinski definition) is 1. The Morgan fingerprint density at radius 1 is 1.17 bits per heavy atom. The average molecular weight is 332 g/mol. The van der Waals surface area contributed by atoms with E-state index in [0.717, 1.165) is 30.4 Å². The molecule has 24 heavy (non-hydrogen) atoms. The third kappa shape index (κ3) is 4.34. The van der Waals surface area contributed by atoms with Crippen molar-refractivity contribution >= 4 is 6.03 Å². The molecule has 1 heterocycles.